The van der Waals surface area contributed by atoms with Crippen LogP contribution < -0.4 is 9.62 Å². The molecular formula is C14H18N4O2S. The Balaban J connectivity index is 1.83. The quantitative estimate of drug-likeness (QED) is 0.882. The van der Waals surface area contributed by atoms with E-state index in [1.165, 1.54) is 5.56 Å². The van der Waals surface area contributed by atoms with Gasteiger partial charge in [-0.2, -0.15) is 0 Å². The molecule has 1 aromatic heterocycles. The standard InChI is InChI=1S/C14H18N4O2S/c1-2-21(19,20)17-12-4-3-11-5-6-18(14(11)7-12)9-13-8-15-10-16-13/h3-4,7-8,10,17H,2,5-6,9H2,1H3,(H,15,16). The first-order valence-corrected chi connectivity index (χ1v) is 8.58. The number of benzene rings is 1. The minimum Gasteiger partial charge on any atom is -0.365 e. The van der Waals surface area contributed by atoms with Crippen molar-refractivity contribution >= 4 is 21.4 Å². The van der Waals surface area contributed by atoms with Gasteiger partial charge in [-0.3, -0.25) is 4.72 Å². The summed E-state index contributed by atoms with van der Waals surface area (Å²) in [5, 5.41) is 0. The number of imidazole rings is 1. The lowest BCUT2D eigenvalue weighted by molar-refractivity contribution is 0.602. The number of anilines is 2. The zero-order valence-corrected chi connectivity index (χ0v) is 12.7. The van der Waals surface area contributed by atoms with Gasteiger partial charge in [-0.1, -0.05) is 6.07 Å². The van der Waals surface area contributed by atoms with E-state index in [-0.39, 0.29) is 5.75 Å². The van der Waals surface area contributed by atoms with E-state index in [0.717, 1.165) is 30.9 Å². The van der Waals surface area contributed by atoms with Gasteiger partial charge in [-0.15, -0.1) is 0 Å². The highest BCUT2D eigenvalue weighted by atomic mass is 32.2. The van der Waals surface area contributed by atoms with Gasteiger partial charge in [0.25, 0.3) is 0 Å². The number of rotatable bonds is 5. The third-order valence-electron chi connectivity index (χ3n) is 3.64. The SMILES string of the molecule is CCS(=O)(=O)Nc1ccc2c(c1)N(Cc1c[nH]cn1)CC2. The molecule has 0 saturated heterocycles. The summed E-state index contributed by atoms with van der Waals surface area (Å²) < 4.78 is 25.9. The van der Waals surface area contributed by atoms with Gasteiger partial charge < -0.3 is 9.88 Å². The van der Waals surface area contributed by atoms with Crippen molar-refractivity contribution < 1.29 is 8.42 Å². The molecule has 1 aromatic carbocycles. The molecule has 21 heavy (non-hydrogen) atoms. The minimum atomic E-state index is -3.24. The highest BCUT2D eigenvalue weighted by Gasteiger charge is 2.20. The Labute approximate surface area is 124 Å². The third-order valence-corrected chi connectivity index (χ3v) is 4.94. The van der Waals surface area contributed by atoms with E-state index in [1.54, 1.807) is 13.3 Å². The van der Waals surface area contributed by atoms with Crippen molar-refractivity contribution in [2.24, 2.45) is 0 Å². The van der Waals surface area contributed by atoms with E-state index >= 15 is 0 Å². The van der Waals surface area contributed by atoms with Crippen LogP contribution in [0.3, 0.4) is 0 Å². The van der Waals surface area contributed by atoms with Gasteiger partial charge >= 0.3 is 0 Å². The molecule has 0 radical (unpaired) electrons. The van der Waals surface area contributed by atoms with Crippen LogP contribution in [0.25, 0.3) is 0 Å². The van der Waals surface area contributed by atoms with Crippen molar-refractivity contribution in [2.45, 2.75) is 19.9 Å². The normalized spacial score (nSPS) is 14.2. The molecule has 2 N–H and O–H groups in total. The Morgan fingerprint density at radius 1 is 1.43 bits per heavy atom. The molecule has 0 saturated carbocycles. The van der Waals surface area contributed by atoms with Crippen molar-refractivity contribution in [3.05, 3.63) is 42.0 Å². The number of sulfonamides is 1. The van der Waals surface area contributed by atoms with E-state index < -0.39 is 10.0 Å². The number of nitrogens with one attached hydrogen (secondary N) is 2. The molecule has 0 atom stereocenters. The van der Waals surface area contributed by atoms with E-state index in [9.17, 15) is 8.42 Å². The molecule has 112 valence electrons. The third kappa shape index (κ3) is 3.02. The monoisotopic (exact) mass is 306 g/mol. The van der Waals surface area contributed by atoms with Gasteiger partial charge in [0, 0.05) is 18.4 Å². The van der Waals surface area contributed by atoms with E-state index in [0.29, 0.717) is 5.69 Å². The number of hydrogen-bond acceptors (Lipinski definition) is 4. The Morgan fingerprint density at radius 3 is 3.00 bits per heavy atom. The molecule has 3 rings (SSSR count). The molecule has 0 unspecified atom stereocenters. The Morgan fingerprint density at radius 2 is 2.29 bits per heavy atom. The van der Waals surface area contributed by atoms with Gasteiger partial charge in [0.1, 0.15) is 0 Å². The van der Waals surface area contributed by atoms with Gasteiger partial charge in [0.05, 0.1) is 30.0 Å². The van der Waals surface area contributed by atoms with Crippen LogP contribution in [0.5, 0.6) is 0 Å². The number of aromatic amines is 1. The Kier molecular flexibility index (Phi) is 3.59. The summed E-state index contributed by atoms with van der Waals surface area (Å²) in [6, 6.07) is 5.72. The van der Waals surface area contributed by atoms with E-state index in [4.69, 9.17) is 0 Å². The lowest BCUT2D eigenvalue weighted by atomic mass is 10.1. The van der Waals surface area contributed by atoms with Crippen molar-refractivity contribution in [2.75, 3.05) is 21.9 Å². The lowest BCUT2D eigenvalue weighted by Gasteiger charge is -2.19. The topological polar surface area (TPSA) is 78.1 Å². The highest BCUT2D eigenvalue weighted by molar-refractivity contribution is 7.92. The van der Waals surface area contributed by atoms with Crippen LogP contribution in [0.4, 0.5) is 11.4 Å². The summed E-state index contributed by atoms with van der Waals surface area (Å²) in [7, 11) is -3.24. The average Bonchev–Trinajstić information content (AvgIpc) is 3.09. The second-order valence-electron chi connectivity index (χ2n) is 5.08. The minimum absolute atomic E-state index is 0.0705. The first kappa shape index (κ1) is 13.9. The van der Waals surface area contributed by atoms with Gasteiger partial charge in [-0.25, -0.2) is 13.4 Å². The molecule has 0 fully saturated rings. The number of nitrogens with zero attached hydrogens (tertiary/aromatic N) is 2. The maximum atomic E-state index is 11.7. The summed E-state index contributed by atoms with van der Waals surface area (Å²) in [6.45, 7) is 3.27. The van der Waals surface area contributed by atoms with E-state index in [1.807, 2.05) is 24.4 Å². The molecule has 2 aromatic rings. The van der Waals surface area contributed by atoms with Crippen molar-refractivity contribution in [1.29, 1.82) is 0 Å². The van der Waals surface area contributed by atoms with Crippen LogP contribution in [0.1, 0.15) is 18.2 Å². The summed E-state index contributed by atoms with van der Waals surface area (Å²) in [6.07, 6.45) is 4.51. The highest BCUT2D eigenvalue weighted by Crippen LogP contribution is 2.32. The van der Waals surface area contributed by atoms with E-state index in [2.05, 4.69) is 19.6 Å². The van der Waals surface area contributed by atoms with Crippen molar-refractivity contribution in [1.82, 2.24) is 9.97 Å². The van der Waals surface area contributed by atoms with Crippen LogP contribution in [0, 0.1) is 0 Å². The fourth-order valence-corrected chi connectivity index (χ4v) is 3.13. The average molecular weight is 306 g/mol. The second kappa shape index (κ2) is 5.40. The molecule has 0 bridgehead atoms. The zero-order chi connectivity index (χ0) is 14.9. The number of fused-ring (bicyclic) bond motifs is 1. The molecule has 0 spiro atoms. The largest absolute Gasteiger partial charge is 0.365 e. The molecule has 1 aliphatic heterocycles. The molecule has 7 heteroatoms. The smallest absolute Gasteiger partial charge is 0.232 e. The molecule has 0 aliphatic carbocycles. The van der Waals surface area contributed by atoms with Crippen LogP contribution in [-0.2, 0) is 23.0 Å². The van der Waals surface area contributed by atoms with Gasteiger partial charge in [-0.05, 0) is 31.0 Å². The lowest BCUT2D eigenvalue weighted by Crippen LogP contribution is -2.20. The Bertz CT molecular complexity index is 725. The number of aromatic nitrogens is 2. The number of hydrogen-bond donors (Lipinski definition) is 2. The maximum absolute atomic E-state index is 11.7. The first-order valence-electron chi connectivity index (χ1n) is 6.93. The molecule has 6 nitrogen and oxygen atoms in total. The zero-order valence-electron chi connectivity index (χ0n) is 11.8. The first-order chi connectivity index (χ1) is 10.1. The van der Waals surface area contributed by atoms with Gasteiger partial charge in [0.15, 0.2) is 0 Å². The second-order valence-corrected chi connectivity index (χ2v) is 7.09. The summed E-state index contributed by atoms with van der Waals surface area (Å²) in [5.74, 6) is 0.0705. The molecule has 0 amide bonds. The number of H-pyrrole nitrogens is 1. The van der Waals surface area contributed by atoms with Crippen LogP contribution >= 0.6 is 0 Å². The molecular weight excluding hydrogens is 288 g/mol. The summed E-state index contributed by atoms with van der Waals surface area (Å²) in [4.78, 5) is 9.40. The Hall–Kier alpha value is -2.02. The predicted octanol–water partition coefficient (Wildman–Crippen LogP) is 1.73. The van der Waals surface area contributed by atoms with Crippen LogP contribution in [0.2, 0.25) is 0 Å². The molecule has 1 aliphatic rings. The fourth-order valence-electron chi connectivity index (χ4n) is 2.50. The molecule has 2 heterocycles. The van der Waals surface area contributed by atoms with Gasteiger partial charge in [0.2, 0.25) is 10.0 Å². The predicted molar refractivity (Wildman–Crippen MR) is 82.9 cm³/mol. The van der Waals surface area contributed by atoms with Crippen molar-refractivity contribution in [3.63, 3.8) is 0 Å². The summed E-state index contributed by atoms with van der Waals surface area (Å²) in [5.41, 5.74) is 3.91. The van der Waals surface area contributed by atoms with Crippen LogP contribution in [0.15, 0.2) is 30.7 Å². The van der Waals surface area contributed by atoms with Crippen LogP contribution in [-0.4, -0.2) is 30.7 Å². The van der Waals surface area contributed by atoms with Crippen molar-refractivity contribution in [3.8, 4) is 0 Å². The summed E-state index contributed by atoms with van der Waals surface area (Å²) >= 11 is 0. The maximum Gasteiger partial charge on any atom is 0.232 e. The fraction of sp³-hybridized carbons (Fsp3) is 0.357.